The van der Waals surface area contributed by atoms with E-state index in [1.807, 2.05) is 13.0 Å². The maximum atomic E-state index is 6.21. The Hall–Kier alpha value is -0.640. The Morgan fingerprint density at radius 2 is 2.27 bits per heavy atom. The van der Waals surface area contributed by atoms with Gasteiger partial charge in [-0.25, -0.2) is 4.98 Å². The maximum Gasteiger partial charge on any atom is 0.0907 e. The molecule has 0 bridgehead atoms. The van der Waals surface area contributed by atoms with Gasteiger partial charge in [-0.15, -0.1) is 11.3 Å². The highest BCUT2D eigenvalue weighted by molar-refractivity contribution is 7.18. The maximum absolute atomic E-state index is 6.21. The largest absolute Gasteiger partial charge is 0.330 e. The van der Waals surface area contributed by atoms with E-state index in [2.05, 4.69) is 18.0 Å². The minimum atomic E-state index is 0.281. The van der Waals surface area contributed by atoms with E-state index in [0.29, 0.717) is 6.54 Å². The summed E-state index contributed by atoms with van der Waals surface area (Å²) in [4.78, 5) is 4.45. The number of halogens is 1. The number of fused-ring (bicyclic) bond motifs is 1. The number of thiazole rings is 1. The van der Waals surface area contributed by atoms with Crippen molar-refractivity contribution in [1.29, 1.82) is 0 Å². The minimum Gasteiger partial charge on any atom is -0.330 e. The van der Waals surface area contributed by atoms with Gasteiger partial charge < -0.3 is 5.73 Å². The summed E-state index contributed by atoms with van der Waals surface area (Å²) in [5.41, 5.74) is 7.77. The van der Waals surface area contributed by atoms with E-state index in [4.69, 9.17) is 17.3 Å². The highest BCUT2D eigenvalue weighted by Crippen LogP contribution is 2.31. The lowest BCUT2D eigenvalue weighted by molar-refractivity contribution is 0.775. The second-order valence-electron chi connectivity index (χ2n) is 3.71. The summed E-state index contributed by atoms with van der Waals surface area (Å²) in [7, 11) is 0. The molecule has 0 amide bonds. The number of hydrogen-bond donors (Lipinski definition) is 1. The average molecular weight is 241 g/mol. The number of rotatable bonds is 2. The molecule has 0 fully saturated rings. The van der Waals surface area contributed by atoms with Gasteiger partial charge in [-0.1, -0.05) is 18.5 Å². The van der Waals surface area contributed by atoms with Crippen molar-refractivity contribution >= 4 is 33.2 Å². The first kappa shape index (κ1) is 10.9. The number of nitrogens with zero attached hydrogens (tertiary/aromatic N) is 1. The molecule has 1 atom stereocenters. The lowest BCUT2D eigenvalue weighted by Gasteiger charge is -2.10. The third-order valence-electron chi connectivity index (χ3n) is 2.50. The summed E-state index contributed by atoms with van der Waals surface area (Å²) in [6.07, 6.45) is 0. The summed E-state index contributed by atoms with van der Waals surface area (Å²) in [5.74, 6) is 0.281. The van der Waals surface area contributed by atoms with Crippen LogP contribution in [-0.4, -0.2) is 11.5 Å². The van der Waals surface area contributed by atoms with Gasteiger partial charge in [0, 0.05) is 5.02 Å². The second-order valence-corrected chi connectivity index (χ2v) is 5.35. The molecule has 0 spiro atoms. The summed E-state index contributed by atoms with van der Waals surface area (Å²) in [6.45, 7) is 4.69. The molecule has 1 aromatic heterocycles. The molecular formula is C11H13ClN2S. The van der Waals surface area contributed by atoms with Crippen molar-refractivity contribution < 1.29 is 0 Å². The van der Waals surface area contributed by atoms with Crippen molar-refractivity contribution in [2.24, 2.45) is 5.73 Å². The molecule has 2 nitrogen and oxygen atoms in total. The van der Waals surface area contributed by atoms with Gasteiger partial charge in [0.25, 0.3) is 0 Å². The van der Waals surface area contributed by atoms with Gasteiger partial charge in [-0.3, -0.25) is 0 Å². The smallest absolute Gasteiger partial charge is 0.0907 e. The molecule has 2 aromatic rings. The van der Waals surface area contributed by atoms with Crippen LogP contribution in [0.25, 0.3) is 10.2 Å². The zero-order valence-electron chi connectivity index (χ0n) is 8.75. The number of hydrogen-bond acceptors (Lipinski definition) is 3. The lowest BCUT2D eigenvalue weighted by atomic mass is 10.0. The fraction of sp³-hybridized carbons (Fsp3) is 0.364. The summed E-state index contributed by atoms with van der Waals surface area (Å²) < 4.78 is 1.14. The zero-order valence-corrected chi connectivity index (χ0v) is 10.3. The van der Waals surface area contributed by atoms with Gasteiger partial charge in [0.1, 0.15) is 0 Å². The van der Waals surface area contributed by atoms with Crippen molar-refractivity contribution in [2.45, 2.75) is 19.8 Å². The first-order valence-corrected chi connectivity index (χ1v) is 6.08. The average Bonchev–Trinajstić information content (AvgIpc) is 2.55. The molecule has 0 aliphatic rings. The molecule has 0 saturated carbocycles. The summed E-state index contributed by atoms with van der Waals surface area (Å²) in [5, 5.41) is 1.86. The number of aromatic nitrogens is 1. The molecule has 1 unspecified atom stereocenters. The van der Waals surface area contributed by atoms with E-state index in [9.17, 15) is 0 Å². The molecule has 0 saturated heterocycles. The van der Waals surface area contributed by atoms with Gasteiger partial charge in [0.05, 0.1) is 15.2 Å². The Balaban J connectivity index is 2.60. The van der Waals surface area contributed by atoms with E-state index in [-0.39, 0.29) is 5.92 Å². The molecule has 15 heavy (non-hydrogen) atoms. The van der Waals surface area contributed by atoms with Crippen LogP contribution in [0.3, 0.4) is 0 Å². The molecule has 4 heteroatoms. The van der Waals surface area contributed by atoms with Crippen LogP contribution in [0.4, 0.5) is 0 Å². The Morgan fingerprint density at radius 1 is 1.53 bits per heavy atom. The zero-order chi connectivity index (χ0) is 11.0. The molecular weight excluding hydrogens is 228 g/mol. The van der Waals surface area contributed by atoms with Crippen molar-refractivity contribution in [2.75, 3.05) is 6.54 Å². The quantitative estimate of drug-likeness (QED) is 0.875. The van der Waals surface area contributed by atoms with Crippen LogP contribution in [0.15, 0.2) is 12.1 Å². The van der Waals surface area contributed by atoms with Gasteiger partial charge in [0.15, 0.2) is 0 Å². The van der Waals surface area contributed by atoms with E-state index in [1.165, 1.54) is 0 Å². The van der Waals surface area contributed by atoms with E-state index >= 15 is 0 Å². The summed E-state index contributed by atoms with van der Waals surface area (Å²) in [6, 6.07) is 4.04. The van der Waals surface area contributed by atoms with Crippen LogP contribution in [0.1, 0.15) is 23.4 Å². The molecule has 0 aliphatic carbocycles. The van der Waals surface area contributed by atoms with Crippen molar-refractivity contribution in [1.82, 2.24) is 4.98 Å². The third kappa shape index (κ3) is 2.00. The SMILES string of the molecule is Cc1nc2cc(C(C)CN)c(Cl)cc2s1. The van der Waals surface area contributed by atoms with Crippen LogP contribution >= 0.6 is 22.9 Å². The predicted molar refractivity (Wildman–Crippen MR) is 66.8 cm³/mol. The Labute approximate surface area is 98.1 Å². The summed E-state index contributed by atoms with van der Waals surface area (Å²) >= 11 is 7.88. The van der Waals surface area contributed by atoms with E-state index < -0.39 is 0 Å². The molecule has 80 valence electrons. The molecule has 1 heterocycles. The van der Waals surface area contributed by atoms with Crippen LogP contribution in [-0.2, 0) is 0 Å². The first-order chi connectivity index (χ1) is 7.11. The highest BCUT2D eigenvalue weighted by atomic mass is 35.5. The molecule has 0 aliphatic heterocycles. The highest BCUT2D eigenvalue weighted by Gasteiger charge is 2.11. The van der Waals surface area contributed by atoms with Crippen LogP contribution in [0.2, 0.25) is 5.02 Å². The Bertz CT molecular complexity index is 493. The van der Waals surface area contributed by atoms with Crippen LogP contribution in [0, 0.1) is 6.92 Å². The Kier molecular flexibility index (Phi) is 2.96. The number of benzene rings is 1. The molecule has 2 rings (SSSR count). The predicted octanol–water partition coefficient (Wildman–Crippen LogP) is 3.32. The van der Waals surface area contributed by atoms with E-state index in [1.54, 1.807) is 11.3 Å². The fourth-order valence-electron chi connectivity index (χ4n) is 1.59. The van der Waals surface area contributed by atoms with Gasteiger partial charge in [-0.2, -0.15) is 0 Å². The molecule has 1 aromatic carbocycles. The van der Waals surface area contributed by atoms with Gasteiger partial charge in [-0.05, 0) is 37.1 Å². The number of nitrogens with two attached hydrogens (primary N) is 1. The third-order valence-corrected chi connectivity index (χ3v) is 3.76. The van der Waals surface area contributed by atoms with E-state index in [0.717, 1.165) is 25.8 Å². The standard InChI is InChI=1S/C11H13ClN2S/c1-6(5-13)8-3-10-11(4-9(8)12)15-7(2)14-10/h3-4,6H,5,13H2,1-2H3. The second kappa shape index (κ2) is 4.08. The Morgan fingerprint density at radius 3 is 2.93 bits per heavy atom. The van der Waals surface area contributed by atoms with Crippen LogP contribution in [0.5, 0.6) is 0 Å². The minimum absolute atomic E-state index is 0.281. The topological polar surface area (TPSA) is 38.9 Å². The van der Waals surface area contributed by atoms with Gasteiger partial charge in [0.2, 0.25) is 0 Å². The van der Waals surface area contributed by atoms with Crippen molar-refractivity contribution in [3.63, 3.8) is 0 Å². The normalized spacial score (nSPS) is 13.3. The van der Waals surface area contributed by atoms with Crippen molar-refractivity contribution in [3.8, 4) is 0 Å². The number of aryl methyl sites for hydroxylation is 1. The molecule has 0 radical (unpaired) electrons. The fourth-order valence-corrected chi connectivity index (χ4v) is 2.85. The van der Waals surface area contributed by atoms with Crippen LogP contribution < -0.4 is 5.73 Å². The van der Waals surface area contributed by atoms with Crippen molar-refractivity contribution in [3.05, 3.63) is 27.7 Å². The lowest BCUT2D eigenvalue weighted by Crippen LogP contribution is -2.09. The first-order valence-electron chi connectivity index (χ1n) is 4.88. The van der Waals surface area contributed by atoms with Gasteiger partial charge >= 0.3 is 0 Å². The monoisotopic (exact) mass is 240 g/mol. The molecule has 2 N–H and O–H groups in total.